The Bertz CT molecular complexity index is 2370. The van der Waals surface area contributed by atoms with E-state index < -0.39 is 18.2 Å². The van der Waals surface area contributed by atoms with Gasteiger partial charge in [0.25, 0.3) is 0 Å². The van der Waals surface area contributed by atoms with Gasteiger partial charge in [0.15, 0.2) is 0 Å². The maximum atomic E-state index is 13.6. The number of nitrogens with two attached hydrogens (primary N) is 1. The van der Waals surface area contributed by atoms with Crippen LogP contribution in [-0.4, -0.2) is 78.9 Å². The number of nitrogens with one attached hydrogen (secondary N) is 3. The van der Waals surface area contributed by atoms with E-state index in [9.17, 15) is 14.4 Å². The Morgan fingerprint density at radius 2 is 1.51 bits per heavy atom. The number of amides is 3. The van der Waals surface area contributed by atoms with E-state index in [4.69, 9.17) is 20.4 Å². The van der Waals surface area contributed by atoms with E-state index in [1.807, 2.05) is 72.2 Å². The third kappa shape index (κ3) is 7.03. The largest absolute Gasteiger partial charge is 0.453 e. The zero-order valence-corrected chi connectivity index (χ0v) is 31.2. The zero-order valence-electron chi connectivity index (χ0n) is 31.2. The topological polar surface area (TPSA) is 175 Å². The Morgan fingerprint density at radius 3 is 2.24 bits per heavy atom. The summed E-state index contributed by atoms with van der Waals surface area (Å²) >= 11 is 0. The summed E-state index contributed by atoms with van der Waals surface area (Å²) < 4.78 is 4.77. The highest BCUT2D eigenvalue weighted by Crippen LogP contribution is 2.36. The Kier molecular flexibility index (Phi) is 9.78. The summed E-state index contributed by atoms with van der Waals surface area (Å²) in [6.07, 6.45) is 4.49. The quantitative estimate of drug-likeness (QED) is 0.129. The van der Waals surface area contributed by atoms with Gasteiger partial charge in [-0.15, -0.1) is 0 Å². The second-order valence-electron chi connectivity index (χ2n) is 14.8. The van der Waals surface area contributed by atoms with Crippen LogP contribution in [0, 0.1) is 5.92 Å². The fraction of sp³-hybridized carbons (Fsp3) is 0.333. The first-order chi connectivity index (χ1) is 26.7. The highest BCUT2D eigenvalue weighted by atomic mass is 16.5. The smallest absolute Gasteiger partial charge is 0.407 e. The number of ether oxygens (including phenoxy) is 1. The summed E-state index contributed by atoms with van der Waals surface area (Å²) in [5.74, 6) is 1.13. The maximum Gasteiger partial charge on any atom is 0.407 e. The minimum absolute atomic E-state index is 0.100. The molecule has 2 saturated heterocycles. The molecular formula is C42H45N9O4. The predicted molar refractivity (Wildman–Crippen MR) is 209 cm³/mol. The second-order valence-corrected chi connectivity index (χ2v) is 14.8. The molecule has 0 bridgehead atoms. The first kappa shape index (κ1) is 35.9. The highest BCUT2D eigenvalue weighted by molar-refractivity contribution is 5.89. The monoisotopic (exact) mass is 739 g/mol. The molecule has 4 atom stereocenters. The van der Waals surface area contributed by atoms with Crippen LogP contribution in [0.2, 0.25) is 0 Å². The van der Waals surface area contributed by atoms with Crippen molar-refractivity contribution < 1.29 is 19.1 Å². The first-order valence-electron chi connectivity index (χ1n) is 18.9. The standard InChI is InChI=1S/C42H45N9O4/c1-24(2)37(49-42(54)55-3)41(53)51-20-8-12-35(51)39-46-30-17-14-27(22-32(30)47-39)26-13-16-29-28(21-26)15-18-31(45-29)33-23-44-38(48-33)34-11-7-19-50(34)40(52)36(43)25-9-5-4-6-10-25/h4-6,9-10,13-18,21-24,34-37H,7-8,11-12,19-20,43H2,1-3H3,(H,44,48)(H,46,47)(H,49,54)/t34-,35-,36+,37-/m0/s1. The molecule has 13 heteroatoms. The van der Waals surface area contributed by atoms with Crippen LogP contribution in [0.25, 0.3) is 44.5 Å². The lowest BCUT2D eigenvalue weighted by Crippen LogP contribution is -2.51. The molecule has 282 valence electrons. The molecule has 2 fully saturated rings. The normalized spacial score (nSPS) is 18.3. The maximum absolute atomic E-state index is 13.6. The minimum Gasteiger partial charge on any atom is -0.453 e. The van der Waals surface area contributed by atoms with Crippen LogP contribution in [0.3, 0.4) is 0 Å². The Morgan fingerprint density at radius 1 is 0.818 bits per heavy atom. The molecule has 0 aliphatic carbocycles. The number of benzene rings is 3. The molecule has 3 amide bonds. The van der Waals surface area contributed by atoms with Gasteiger partial charge in [0.2, 0.25) is 11.8 Å². The molecule has 0 saturated carbocycles. The summed E-state index contributed by atoms with van der Waals surface area (Å²) in [4.78, 5) is 64.2. The SMILES string of the molecule is COC(=O)N[C@H](C(=O)N1CCC[C@H]1c1nc2ccc(-c3ccc4nc(-c5cnc([C@@H]6CCCN6C(=O)[C@H](N)c6ccccc6)[nH]5)ccc4c3)cc2[nH]1)C(C)C. The minimum atomic E-state index is -0.718. The summed E-state index contributed by atoms with van der Waals surface area (Å²) in [7, 11) is 1.29. The van der Waals surface area contributed by atoms with E-state index in [1.54, 1.807) is 6.20 Å². The molecule has 55 heavy (non-hydrogen) atoms. The van der Waals surface area contributed by atoms with Gasteiger partial charge in [0, 0.05) is 18.5 Å². The van der Waals surface area contributed by atoms with Crippen LogP contribution in [0.15, 0.2) is 85.1 Å². The first-order valence-corrected chi connectivity index (χ1v) is 18.9. The molecule has 0 unspecified atom stereocenters. The number of H-pyrrole nitrogens is 2. The number of imidazole rings is 2. The third-order valence-corrected chi connectivity index (χ3v) is 10.9. The van der Waals surface area contributed by atoms with Crippen molar-refractivity contribution in [2.75, 3.05) is 20.2 Å². The molecule has 13 nitrogen and oxygen atoms in total. The third-order valence-electron chi connectivity index (χ3n) is 10.9. The van der Waals surface area contributed by atoms with Crippen LogP contribution in [0.4, 0.5) is 4.79 Å². The molecule has 2 aliphatic rings. The molecule has 5 N–H and O–H groups in total. The molecule has 0 radical (unpaired) electrons. The van der Waals surface area contributed by atoms with Gasteiger partial charge in [-0.1, -0.05) is 62.4 Å². The average molecular weight is 740 g/mol. The van der Waals surface area contributed by atoms with Crippen molar-refractivity contribution in [1.29, 1.82) is 0 Å². The fourth-order valence-electron chi connectivity index (χ4n) is 7.95. The number of nitrogens with zero attached hydrogens (tertiary/aromatic N) is 5. The predicted octanol–water partition coefficient (Wildman–Crippen LogP) is 6.58. The number of pyridine rings is 1. The Hall–Kier alpha value is -6.08. The number of fused-ring (bicyclic) bond motifs is 2. The van der Waals surface area contributed by atoms with Crippen molar-refractivity contribution in [1.82, 2.24) is 40.0 Å². The molecule has 6 aromatic rings. The number of carbonyl (C=O) groups is 3. The fourth-order valence-corrected chi connectivity index (χ4v) is 7.95. The van der Waals surface area contributed by atoms with Gasteiger partial charge in [-0.3, -0.25) is 9.59 Å². The molecule has 2 aliphatic heterocycles. The van der Waals surface area contributed by atoms with Crippen molar-refractivity contribution in [3.05, 3.63) is 102 Å². The number of aromatic amines is 2. The number of carbonyl (C=O) groups excluding carboxylic acids is 3. The Balaban J connectivity index is 0.985. The summed E-state index contributed by atoms with van der Waals surface area (Å²) in [5.41, 5.74) is 13.4. The van der Waals surface area contributed by atoms with Crippen molar-refractivity contribution in [2.45, 2.75) is 63.7 Å². The van der Waals surface area contributed by atoms with Gasteiger partial charge in [0.05, 0.1) is 53.3 Å². The van der Waals surface area contributed by atoms with Crippen LogP contribution >= 0.6 is 0 Å². The highest BCUT2D eigenvalue weighted by Gasteiger charge is 2.38. The molecule has 8 rings (SSSR count). The molecule has 0 spiro atoms. The molecular weight excluding hydrogens is 695 g/mol. The number of likely N-dealkylation sites (tertiary alicyclic amines) is 2. The van der Waals surface area contributed by atoms with Crippen LogP contribution < -0.4 is 11.1 Å². The van der Waals surface area contributed by atoms with Crippen LogP contribution in [0.1, 0.15) is 74.9 Å². The lowest BCUT2D eigenvalue weighted by molar-refractivity contribution is -0.135. The van der Waals surface area contributed by atoms with E-state index in [2.05, 4.69) is 50.6 Å². The summed E-state index contributed by atoms with van der Waals surface area (Å²) in [6.45, 7) is 5.05. The summed E-state index contributed by atoms with van der Waals surface area (Å²) in [5, 5.41) is 3.70. The van der Waals surface area contributed by atoms with E-state index in [0.717, 1.165) is 87.3 Å². The van der Waals surface area contributed by atoms with Gasteiger partial charge in [-0.05, 0) is 78.6 Å². The average Bonchev–Trinajstić information content (AvgIpc) is 4.05. The van der Waals surface area contributed by atoms with Crippen LogP contribution in [0.5, 0.6) is 0 Å². The van der Waals surface area contributed by atoms with Gasteiger partial charge < -0.3 is 35.6 Å². The van der Waals surface area contributed by atoms with Gasteiger partial charge in [-0.2, -0.15) is 0 Å². The van der Waals surface area contributed by atoms with E-state index in [-0.39, 0.29) is 29.8 Å². The van der Waals surface area contributed by atoms with Crippen molar-refractivity contribution in [3.63, 3.8) is 0 Å². The van der Waals surface area contributed by atoms with E-state index >= 15 is 0 Å². The zero-order chi connectivity index (χ0) is 38.2. The van der Waals surface area contributed by atoms with Gasteiger partial charge >= 0.3 is 6.09 Å². The van der Waals surface area contributed by atoms with Crippen molar-refractivity contribution >= 4 is 39.8 Å². The number of rotatable bonds is 9. The van der Waals surface area contributed by atoms with Crippen LogP contribution in [-0.2, 0) is 14.3 Å². The molecule has 3 aromatic heterocycles. The number of hydrogen-bond donors (Lipinski definition) is 4. The number of methoxy groups -OCH3 is 1. The van der Waals surface area contributed by atoms with E-state index in [0.29, 0.717) is 13.1 Å². The van der Waals surface area contributed by atoms with Crippen molar-refractivity contribution in [3.8, 4) is 22.5 Å². The summed E-state index contributed by atoms with van der Waals surface area (Å²) in [6, 6.07) is 24.1. The molecule has 3 aromatic carbocycles. The lowest BCUT2D eigenvalue weighted by Gasteiger charge is -2.29. The Labute approximate surface area is 318 Å². The molecule has 5 heterocycles. The number of alkyl carbamates (subject to hydrolysis) is 1. The van der Waals surface area contributed by atoms with Crippen molar-refractivity contribution in [2.24, 2.45) is 11.7 Å². The van der Waals surface area contributed by atoms with Gasteiger partial charge in [-0.25, -0.2) is 19.7 Å². The number of hydrogen-bond acceptors (Lipinski definition) is 8. The lowest BCUT2D eigenvalue weighted by atomic mass is 10.0. The van der Waals surface area contributed by atoms with E-state index in [1.165, 1.54) is 7.11 Å². The number of aromatic nitrogens is 5. The van der Waals surface area contributed by atoms with Gasteiger partial charge in [0.1, 0.15) is 23.7 Å². The second kappa shape index (κ2) is 15.0.